The number of benzene rings is 1. The lowest BCUT2D eigenvalue weighted by Crippen LogP contribution is -2.03. The molecule has 0 atom stereocenters. The van der Waals surface area contributed by atoms with E-state index in [0.29, 0.717) is 18.9 Å². The van der Waals surface area contributed by atoms with E-state index in [-0.39, 0.29) is 5.82 Å². The first-order valence-corrected chi connectivity index (χ1v) is 4.97. The lowest BCUT2D eigenvalue weighted by atomic mass is 10.1. The summed E-state index contributed by atoms with van der Waals surface area (Å²) >= 11 is 0. The van der Waals surface area contributed by atoms with Crippen molar-refractivity contribution in [3.05, 3.63) is 42.2 Å². The molecule has 0 radical (unpaired) electrons. The maximum Gasteiger partial charge on any atom is 0.126 e. The normalized spacial score (nSPS) is 10.0. The Morgan fingerprint density at radius 3 is 2.87 bits per heavy atom. The minimum atomic E-state index is -0.284. The maximum absolute atomic E-state index is 12.8. The molecule has 2 N–H and O–H groups in total. The first kappa shape index (κ1) is 11.7. The molecule has 0 bridgehead atoms. The smallest absolute Gasteiger partial charge is 0.126 e. The fourth-order valence-corrected chi connectivity index (χ4v) is 1.20. The SMILES string of the molecule is C=C(CCN)CCOc1cccc(F)c1. The summed E-state index contributed by atoms with van der Waals surface area (Å²) in [5.74, 6) is 0.267. The number of halogens is 1. The van der Waals surface area contributed by atoms with E-state index in [4.69, 9.17) is 10.5 Å². The molecule has 0 amide bonds. The van der Waals surface area contributed by atoms with Crippen molar-refractivity contribution in [3.63, 3.8) is 0 Å². The Hall–Kier alpha value is -1.35. The van der Waals surface area contributed by atoms with Crippen molar-refractivity contribution in [2.24, 2.45) is 5.73 Å². The zero-order valence-electron chi connectivity index (χ0n) is 8.71. The standard InChI is InChI=1S/C12H16FNO/c1-10(5-7-14)6-8-15-12-4-2-3-11(13)9-12/h2-4,9H,1,5-8,14H2. The van der Waals surface area contributed by atoms with Crippen LogP contribution in [0.2, 0.25) is 0 Å². The molecule has 0 saturated carbocycles. The maximum atomic E-state index is 12.8. The molecule has 0 heterocycles. The molecular weight excluding hydrogens is 193 g/mol. The highest BCUT2D eigenvalue weighted by molar-refractivity contribution is 5.22. The Kier molecular flexibility index (Phi) is 4.84. The van der Waals surface area contributed by atoms with Crippen LogP contribution in [0.3, 0.4) is 0 Å². The van der Waals surface area contributed by atoms with Crippen molar-refractivity contribution in [2.45, 2.75) is 12.8 Å². The van der Waals surface area contributed by atoms with E-state index in [2.05, 4.69) is 6.58 Å². The van der Waals surface area contributed by atoms with Gasteiger partial charge in [-0.1, -0.05) is 18.2 Å². The molecule has 0 aromatic heterocycles. The van der Waals surface area contributed by atoms with Gasteiger partial charge in [0.1, 0.15) is 11.6 Å². The number of nitrogens with two attached hydrogens (primary N) is 1. The molecule has 0 aliphatic rings. The Labute approximate surface area is 89.6 Å². The summed E-state index contributed by atoms with van der Waals surface area (Å²) in [5.41, 5.74) is 6.44. The fourth-order valence-electron chi connectivity index (χ4n) is 1.20. The summed E-state index contributed by atoms with van der Waals surface area (Å²) in [4.78, 5) is 0. The highest BCUT2D eigenvalue weighted by atomic mass is 19.1. The van der Waals surface area contributed by atoms with Gasteiger partial charge in [0.2, 0.25) is 0 Å². The Morgan fingerprint density at radius 2 is 2.20 bits per heavy atom. The lowest BCUT2D eigenvalue weighted by molar-refractivity contribution is 0.319. The van der Waals surface area contributed by atoms with Gasteiger partial charge >= 0.3 is 0 Å². The number of hydrogen-bond acceptors (Lipinski definition) is 2. The second-order valence-corrected chi connectivity index (χ2v) is 3.34. The van der Waals surface area contributed by atoms with Gasteiger partial charge < -0.3 is 10.5 Å². The van der Waals surface area contributed by atoms with Gasteiger partial charge in [0, 0.05) is 12.5 Å². The predicted octanol–water partition coefficient (Wildman–Crippen LogP) is 2.50. The molecule has 0 aliphatic heterocycles. The average Bonchev–Trinajstić information content (AvgIpc) is 2.18. The zero-order valence-corrected chi connectivity index (χ0v) is 8.71. The van der Waals surface area contributed by atoms with E-state index < -0.39 is 0 Å². The number of ether oxygens (including phenoxy) is 1. The van der Waals surface area contributed by atoms with Crippen LogP contribution >= 0.6 is 0 Å². The van der Waals surface area contributed by atoms with E-state index in [9.17, 15) is 4.39 Å². The molecule has 0 aliphatic carbocycles. The fraction of sp³-hybridized carbons (Fsp3) is 0.333. The highest BCUT2D eigenvalue weighted by Gasteiger charge is 1.97. The van der Waals surface area contributed by atoms with Crippen LogP contribution in [0.15, 0.2) is 36.4 Å². The number of hydrogen-bond donors (Lipinski definition) is 1. The van der Waals surface area contributed by atoms with Crippen LogP contribution in [-0.4, -0.2) is 13.2 Å². The van der Waals surface area contributed by atoms with Crippen LogP contribution in [0.1, 0.15) is 12.8 Å². The van der Waals surface area contributed by atoms with Gasteiger partial charge in [-0.3, -0.25) is 0 Å². The molecule has 1 aromatic rings. The molecule has 0 unspecified atom stereocenters. The summed E-state index contributed by atoms with van der Waals surface area (Å²) < 4.78 is 18.1. The van der Waals surface area contributed by atoms with Crippen molar-refractivity contribution in [3.8, 4) is 5.75 Å². The minimum Gasteiger partial charge on any atom is -0.493 e. The Balaban J connectivity index is 2.28. The van der Waals surface area contributed by atoms with Crippen molar-refractivity contribution < 1.29 is 9.13 Å². The molecular formula is C12H16FNO. The summed E-state index contributed by atoms with van der Waals surface area (Å²) in [5, 5.41) is 0. The minimum absolute atomic E-state index is 0.284. The van der Waals surface area contributed by atoms with Crippen LogP contribution < -0.4 is 10.5 Å². The third-order valence-electron chi connectivity index (χ3n) is 2.02. The lowest BCUT2D eigenvalue weighted by Gasteiger charge is -2.07. The molecule has 0 saturated heterocycles. The first-order chi connectivity index (χ1) is 7.22. The van der Waals surface area contributed by atoms with Crippen molar-refractivity contribution in [2.75, 3.05) is 13.2 Å². The summed E-state index contributed by atoms with van der Waals surface area (Å²) in [6.45, 7) is 4.99. The van der Waals surface area contributed by atoms with Gasteiger partial charge in [-0.25, -0.2) is 4.39 Å². The molecule has 0 spiro atoms. The van der Waals surface area contributed by atoms with Gasteiger partial charge in [0.05, 0.1) is 6.61 Å². The van der Waals surface area contributed by atoms with E-state index in [1.54, 1.807) is 12.1 Å². The molecule has 15 heavy (non-hydrogen) atoms. The van der Waals surface area contributed by atoms with Gasteiger partial charge in [0.25, 0.3) is 0 Å². The van der Waals surface area contributed by atoms with Crippen molar-refractivity contribution >= 4 is 0 Å². The van der Waals surface area contributed by atoms with E-state index in [0.717, 1.165) is 18.4 Å². The third-order valence-corrected chi connectivity index (χ3v) is 2.02. The molecule has 2 nitrogen and oxygen atoms in total. The second kappa shape index (κ2) is 6.19. The average molecular weight is 209 g/mol. The van der Waals surface area contributed by atoms with Gasteiger partial charge in [-0.2, -0.15) is 0 Å². The van der Waals surface area contributed by atoms with E-state index in [1.165, 1.54) is 12.1 Å². The van der Waals surface area contributed by atoms with Gasteiger partial charge in [-0.15, -0.1) is 0 Å². The quantitative estimate of drug-likeness (QED) is 0.730. The molecule has 3 heteroatoms. The van der Waals surface area contributed by atoms with Crippen LogP contribution in [-0.2, 0) is 0 Å². The molecule has 1 rings (SSSR count). The monoisotopic (exact) mass is 209 g/mol. The summed E-state index contributed by atoms with van der Waals surface area (Å²) in [6, 6.07) is 6.11. The van der Waals surface area contributed by atoms with E-state index in [1.807, 2.05) is 0 Å². The Bertz CT molecular complexity index is 325. The first-order valence-electron chi connectivity index (χ1n) is 4.97. The van der Waals surface area contributed by atoms with Gasteiger partial charge in [-0.05, 0) is 25.1 Å². The predicted molar refractivity (Wildman–Crippen MR) is 59.3 cm³/mol. The summed E-state index contributed by atoms with van der Waals surface area (Å²) in [7, 11) is 0. The second-order valence-electron chi connectivity index (χ2n) is 3.34. The van der Waals surface area contributed by atoms with Crippen LogP contribution in [0, 0.1) is 5.82 Å². The zero-order chi connectivity index (χ0) is 11.1. The molecule has 82 valence electrons. The van der Waals surface area contributed by atoms with Crippen molar-refractivity contribution in [1.82, 2.24) is 0 Å². The van der Waals surface area contributed by atoms with Crippen LogP contribution in [0.5, 0.6) is 5.75 Å². The number of rotatable bonds is 6. The van der Waals surface area contributed by atoms with Gasteiger partial charge in [0.15, 0.2) is 0 Å². The van der Waals surface area contributed by atoms with Crippen LogP contribution in [0.4, 0.5) is 4.39 Å². The third kappa shape index (κ3) is 4.61. The topological polar surface area (TPSA) is 35.2 Å². The largest absolute Gasteiger partial charge is 0.493 e. The Morgan fingerprint density at radius 1 is 1.40 bits per heavy atom. The summed E-state index contributed by atoms with van der Waals surface area (Å²) in [6.07, 6.45) is 1.57. The molecule has 0 fully saturated rings. The highest BCUT2D eigenvalue weighted by Crippen LogP contribution is 2.13. The molecule has 1 aromatic carbocycles. The van der Waals surface area contributed by atoms with Crippen molar-refractivity contribution in [1.29, 1.82) is 0 Å². The van der Waals surface area contributed by atoms with E-state index >= 15 is 0 Å². The van der Waals surface area contributed by atoms with Crippen LogP contribution in [0.25, 0.3) is 0 Å².